The van der Waals surface area contributed by atoms with E-state index in [9.17, 15) is 14.4 Å². The highest BCUT2D eigenvalue weighted by atomic mass is 32.2. The van der Waals surface area contributed by atoms with Crippen LogP contribution in [0.4, 0.5) is 11.6 Å². The molecule has 0 fully saturated rings. The van der Waals surface area contributed by atoms with Crippen molar-refractivity contribution in [3.05, 3.63) is 70.6 Å². The molecular formula is C25H28N6O3S. The molecule has 2 amide bonds. The highest BCUT2D eigenvalue weighted by Gasteiger charge is 2.18. The molecule has 0 radical (unpaired) electrons. The van der Waals surface area contributed by atoms with Crippen molar-refractivity contribution in [2.45, 2.75) is 26.8 Å². The Labute approximate surface area is 207 Å². The van der Waals surface area contributed by atoms with Crippen LogP contribution in [0.2, 0.25) is 0 Å². The highest BCUT2D eigenvalue weighted by molar-refractivity contribution is 8.00. The van der Waals surface area contributed by atoms with Crippen molar-refractivity contribution in [3.8, 4) is 5.69 Å². The van der Waals surface area contributed by atoms with E-state index in [-0.39, 0.29) is 34.6 Å². The van der Waals surface area contributed by atoms with E-state index < -0.39 is 0 Å². The molecule has 0 unspecified atom stereocenters. The summed E-state index contributed by atoms with van der Waals surface area (Å²) in [6, 6.07) is 17.0. The average molecular weight is 493 g/mol. The summed E-state index contributed by atoms with van der Waals surface area (Å²) in [5.41, 5.74) is 3.08. The van der Waals surface area contributed by atoms with Crippen LogP contribution in [-0.4, -0.2) is 42.2 Å². The van der Waals surface area contributed by atoms with Crippen LogP contribution in [0.25, 0.3) is 16.7 Å². The third kappa shape index (κ3) is 5.17. The molecule has 9 nitrogen and oxygen atoms in total. The van der Waals surface area contributed by atoms with Gasteiger partial charge in [0.25, 0.3) is 5.56 Å². The molecule has 35 heavy (non-hydrogen) atoms. The topological polar surface area (TPSA) is 103 Å². The van der Waals surface area contributed by atoms with Gasteiger partial charge in [0.2, 0.25) is 17.8 Å². The van der Waals surface area contributed by atoms with E-state index in [1.165, 1.54) is 16.4 Å². The molecule has 0 saturated carbocycles. The SMILES string of the molecule is CCCn1c(NC(=O)CSCC(=O)Nc2c(C)n(C)n(-c3ccccc3)c2=O)nc2ccccc21. The first-order valence-electron chi connectivity index (χ1n) is 11.4. The standard InChI is InChI=1S/C25H28N6O3S/c1-4-14-30-20-13-9-8-12-19(20)26-25(30)28-22(33)16-35-15-21(32)27-23-17(2)29(3)31(24(23)34)18-10-6-5-7-11-18/h5-13H,4,14-16H2,1-3H3,(H,27,32)(H,26,28,33). The number of aryl methyl sites for hydroxylation is 1. The number of hydrogen-bond acceptors (Lipinski definition) is 5. The average Bonchev–Trinajstić information content (AvgIpc) is 3.29. The number of para-hydroxylation sites is 3. The van der Waals surface area contributed by atoms with Crippen molar-refractivity contribution in [2.75, 3.05) is 22.1 Å². The number of benzene rings is 2. The fraction of sp³-hybridized carbons (Fsp3) is 0.280. The Bertz CT molecular complexity index is 1420. The number of fused-ring (bicyclic) bond motifs is 1. The van der Waals surface area contributed by atoms with Crippen molar-refractivity contribution in [3.63, 3.8) is 0 Å². The van der Waals surface area contributed by atoms with Crippen LogP contribution >= 0.6 is 11.8 Å². The molecule has 2 heterocycles. The molecule has 4 rings (SSSR count). The second-order valence-corrected chi connectivity index (χ2v) is 9.09. The number of carbonyl (C=O) groups excluding carboxylic acids is 2. The van der Waals surface area contributed by atoms with Crippen LogP contribution in [0.15, 0.2) is 59.4 Å². The third-order valence-electron chi connectivity index (χ3n) is 5.64. The van der Waals surface area contributed by atoms with Crippen molar-refractivity contribution in [2.24, 2.45) is 7.05 Å². The first-order valence-corrected chi connectivity index (χ1v) is 12.5. The zero-order chi connectivity index (χ0) is 24.9. The summed E-state index contributed by atoms with van der Waals surface area (Å²) in [6.07, 6.45) is 0.906. The quantitative estimate of drug-likeness (QED) is 0.372. The third-order valence-corrected chi connectivity index (χ3v) is 6.57. The number of carbonyl (C=O) groups is 2. The Balaban J connectivity index is 1.36. The molecule has 0 aliphatic heterocycles. The number of nitrogens with one attached hydrogen (secondary N) is 2. The zero-order valence-electron chi connectivity index (χ0n) is 19.9. The normalized spacial score (nSPS) is 11.1. The second kappa shape index (κ2) is 10.6. The van der Waals surface area contributed by atoms with Crippen molar-refractivity contribution in [1.82, 2.24) is 18.9 Å². The van der Waals surface area contributed by atoms with E-state index in [1.807, 2.05) is 59.2 Å². The van der Waals surface area contributed by atoms with Crippen LogP contribution in [0.5, 0.6) is 0 Å². The van der Waals surface area contributed by atoms with E-state index in [0.717, 1.165) is 24.0 Å². The Morgan fingerprint density at radius 2 is 1.63 bits per heavy atom. The number of nitrogens with zero attached hydrogens (tertiary/aromatic N) is 4. The van der Waals surface area contributed by atoms with Gasteiger partial charge in [0.15, 0.2) is 0 Å². The number of hydrogen-bond donors (Lipinski definition) is 2. The van der Waals surface area contributed by atoms with Crippen molar-refractivity contribution in [1.29, 1.82) is 0 Å². The zero-order valence-corrected chi connectivity index (χ0v) is 20.8. The summed E-state index contributed by atoms with van der Waals surface area (Å²) in [4.78, 5) is 42.5. The number of anilines is 2. The van der Waals surface area contributed by atoms with E-state index in [2.05, 4.69) is 22.5 Å². The van der Waals surface area contributed by atoms with E-state index in [0.29, 0.717) is 17.3 Å². The van der Waals surface area contributed by atoms with Gasteiger partial charge in [-0.3, -0.25) is 24.4 Å². The monoisotopic (exact) mass is 492 g/mol. The van der Waals surface area contributed by atoms with Crippen LogP contribution in [0, 0.1) is 6.92 Å². The molecule has 2 aromatic heterocycles. The van der Waals surface area contributed by atoms with Gasteiger partial charge in [0, 0.05) is 13.6 Å². The minimum absolute atomic E-state index is 0.0396. The molecular weight excluding hydrogens is 464 g/mol. The van der Waals surface area contributed by atoms with Crippen molar-refractivity contribution < 1.29 is 9.59 Å². The highest BCUT2D eigenvalue weighted by Crippen LogP contribution is 2.20. The molecule has 0 aliphatic rings. The molecule has 0 saturated heterocycles. The maximum Gasteiger partial charge on any atom is 0.295 e. The summed E-state index contributed by atoms with van der Waals surface area (Å²) in [5.74, 6) is 0.0529. The minimum Gasteiger partial charge on any atom is -0.319 e. The van der Waals surface area contributed by atoms with E-state index >= 15 is 0 Å². The maximum atomic E-state index is 12.9. The van der Waals surface area contributed by atoms with Crippen molar-refractivity contribution >= 4 is 46.2 Å². The lowest BCUT2D eigenvalue weighted by molar-refractivity contribution is -0.114. The lowest BCUT2D eigenvalue weighted by atomic mass is 10.3. The van der Waals surface area contributed by atoms with Gasteiger partial charge in [-0.25, -0.2) is 9.67 Å². The fourth-order valence-corrected chi connectivity index (χ4v) is 4.52. The lowest BCUT2D eigenvalue weighted by Crippen LogP contribution is -2.24. The van der Waals surface area contributed by atoms with Gasteiger partial charge in [-0.2, -0.15) is 0 Å². The van der Waals surface area contributed by atoms with Gasteiger partial charge in [-0.1, -0.05) is 37.3 Å². The fourth-order valence-electron chi connectivity index (χ4n) is 3.91. The smallest absolute Gasteiger partial charge is 0.295 e. The Morgan fingerprint density at radius 1 is 0.971 bits per heavy atom. The largest absolute Gasteiger partial charge is 0.319 e. The number of imidazole rings is 1. The first-order chi connectivity index (χ1) is 16.9. The molecule has 0 bridgehead atoms. The summed E-state index contributed by atoms with van der Waals surface area (Å²) < 4.78 is 5.20. The van der Waals surface area contributed by atoms with E-state index in [1.54, 1.807) is 18.7 Å². The van der Waals surface area contributed by atoms with Gasteiger partial charge in [0.05, 0.1) is 33.9 Å². The van der Waals surface area contributed by atoms with Gasteiger partial charge < -0.3 is 9.88 Å². The Kier molecular flexibility index (Phi) is 7.40. The lowest BCUT2D eigenvalue weighted by Gasteiger charge is -2.09. The maximum absolute atomic E-state index is 12.9. The van der Waals surface area contributed by atoms with Crippen LogP contribution < -0.4 is 16.2 Å². The molecule has 0 aliphatic carbocycles. The number of thioether (sulfide) groups is 1. The Hall–Kier alpha value is -3.79. The number of aromatic nitrogens is 4. The Morgan fingerprint density at radius 3 is 2.34 bits per heavy atom. The molecule has 0 spiro atoms. The minimum atomic E-state index is -0.341. The first kappa shape index (κ1) is 24.3. The second-order valence-electron chi connectivity index (χ2n) is 8.10. The van der Waals surface area contributed by atoms with Gasteiger partial charge in [0.1, 0.15) is 5.69 Å². The summed E-state index contributed by atoms with van der Waals surface area (Å²) in [5, 5.41) is 5.57. The predicted octanol–water partition coefficient (Wildman–Crippen LogP) is 3.55. The predicted molar refractivity (Wildman–Crippen MR) is 140 cm³/mol. The van der Waals surface area contributed by atoms with Gasteiger partial charge in [-0.15, -0.1) is 11.8 Å². The van der Waals surface area contributed by atoms with Crippen LogP contribution in [0.1, 0.15) is 19.0 Å². The summed E-state index contributed by atoms with van der Waals surface area (Å²) in [6.45, 7) is 4.58. The van der Waals surface area contributed by atoms with Crippen LogP contribution in [0.3, 0.4) is 0 Å². The summed E-state index contributed by atoms with van der Waals surface area (Å²) >= 11 is 1.18. The molecule has 0 atom stereocenters. The number of rotatable bonds is 9. The molecule has 10 heteroatoms. The van der Waals surface area contributed by atoms with Crippen LogP contribution in [-0.2, 0) is 23.2 Å². The van der Waals surface area contributed by atoms with Gasteiger partial charge in [-0.05, 0) is 37.6 Å². The molecule has 4 aromatic rings. The number of amides is 2. The van der Waals surface area contributed by atoms with Gasteiger partial charge >= 0.3 is 0 Å². The summed E-state index contributed by atoms with van der Waals surface area (Å²) in [7, 11) is 1.77. The van der Waals surface area contributed by atoms with E-state index in [4.69, 9.17) is 0 Å². The molecule has 2 aromatic carbocycles. The molecule has 2 N–H and O–H groups in total. The molecule has 182 valence electrons.